The molecule has 6 rings (SSSR count). The first kappa shape index (κ1) is 25.9. The Morgan fingerprint density at radius 2 is 0.707 bits per heavy atom. The zero-order chi connectivity index (χ0) is 27.7. The molecular weight excluding hydrogens is 494 g/mol. The van der Waals surface area contributed by atoms with Crippen molar-refractivity contribution in [2.75, 3.05) is 4.90 Å². The molecule has 0 N–H and O–H groups in total. The Balaban J connectivity index is 1.32. The second kappa shape index (κ2) is 12.6. The number of nitrogens with zero attached hydrogens (tertiary/aromatic N) is 1. The fourth-order valence-electron chi connectivity index (χ4n) is 4.97. The second-order valence-corrected chi connectivity index (χ2v) is 9.89. The Hall–Kier alpha value is -5.40. The first-order chi connectivity index (χ1) is 20.3. The minimum Gasteiger partial charge on any atom is -0.311 e. The third-order valence-electron chi connectivity index (χ3n) is 7.07. The van der Waals surface area contributed by atoms with Gasteiger partial charge in [-0.15, -0.1) is 0 Å². The number of hydrogen-bond acceptors (Lipinski definition) is 1. The lowest BCUT2D eigenvalue weighted by molar-refractivity contribution is 1.28. The van der Waals surface area contributed by atoms with Crippen molar-refractivity contribution in [2.45, 2.75) is 0 Å². The van der Waals surface area contributed by atoms with Gasteiger partial charge in [0.15, 0.2) is 0 Å². The molecule has 0 aliphatic rings. The number of anilines is 3. The van der Waals surface area contributed by atoms with Crippen molar-refractivity contribution in [1.82, 2.24) is 0 Å². The van der Waals surface area contributed by atoms with Crippen LogP contribution in [0.3, 0.4) is 0 Å². The van der Waals surface area contributed by atoms with Gasteiger partial charge in [0.25, 0.3) is 0 Å². The highest BCUT2D eigenvalue weighted by Crippen LogP contribution is 2.35. The van der Waals surface area contributed by atoms with Crippen molar-refractivity contribution < 1.29 is 0 Å². The van der Waals surface area contributed by atoms with Crippen molar-refractivity contribution in [3.63, 3.8) is 0 Å². The van der Waals surface area contributed by atoms with Crippen LogP contribution in [0.5, 0.6) is 0 Å². The molecule has 0 heterocycles. The summed E-state index contributed by atoms with van der Waals surface area (Å²) in [5.74, 6) is 0. The number of rotatable bonds is 8. The summed E-state index contributed by atoms with van der Waals surface area (Å²) in [6.07, 6.45) is 6.58. The van der Waals surface area contributed by atoms with Crippen molar-refractivity contribution in [1.29, 1.82) is 0 Å². The van der Waals surface area contributed by atoms with Crippen LogP contribution in [0.1, 0.15) is 27.8 Å². The van der Waals surface area contributed by atoms with E-state index in [2.05, 4.69) is 187 Å². The molecule has 0 saturated heterocycles. The maximum absolute atomic E-state index is 2.30. The number of benzene rings is 6. The highest BCUT2D eigenvalue weighted by atomic mass is 15.1. The van der Waals surface area contributed by atoms with E-state index in [0.717, 1.165) is 22.6 Å². The Labute approximate surface area is 243 Å². The molecule has 0 unspecified atom stereocenters. The molecule has 0 aromatic heterocycles. The smallest absolute Gasteiger partial charge is 0.0462 e. The van der Waals surface area contributed by atoms with Gasteiger partial charge in [0.2, 0.25) is 0 Å². The normalized spacial score (nSPS) is 10.8. The first-order valence-corrected chi connectivity index (χ1v) is 13.9. The Morgan fingerprint density at radius 3 is 1.20 bits per heavy atom. The largest absolute Gasteiger partial charge is 0.311 e. The standard InChI is InChI=1S/C40H31N/c1-5-13-32(14-6-1)21-22-33-23-27-38(28-24-33)41(37-19-11-4-12-20-37)39-29-25-34(26-30-39)31-40(35-15-7-2-8-16-35)36-17-9-3-10-18-36/h1-31H/b22-21+. The van der Waals surface area contributed by atoms with Crippen LogP contribution in [0.25, 0.3) is 23.8 Å². The summed E-state index contributed by atoms with van der Waals surface area (Å²) in [4.78, 5) is 2.30. The van der Waals surface area contributed by atoms with Crippen LogP contribution in [0.4, 0.5) is 17.1 Å². The van der Waals surface area contributed by atoms with Gasteiger partial charge in [0.1, 0.15) is 0 Å². The summed E-state index contributed by atoms with van der Waals surface area (Å²) < 4.78 is 0. The van der Waals surface area contributed by atoms with Crippen LogP contribution >= 0.6 is 0 Å². The van der Waals surface area contributed by atoms with Crippen LogP contribution < -0.4 is 4.90 Å². The summed E-state index contributed by atoms with van der Waals surface area (Å²) in [5, 5.41) is 0. The zero-order valence-electron chi connectivity index (χ0n) is 22.8. The lowest BCUT2D eigenvalue weighted by Gasteiger charge is -2.25. The predicted molar refractivity (Wildman–Crippen MR) is 176 cm³/mol. The van der Waals surface area contributed by atoms with Crippen LogP contribution in [-0.4, -0.2) is 0 Å². The summed E-state index contributed by atoms with van der Waals surface area (Å²) in [6, 6.07) is 59.6. The van der Waals surface area contributed by atoms with Crippen molar-refractivity contribution in [3.05, 3.63) is 198 Å². The van der Waals surface area contributed by atoms with Crippen LogP contribution in [0, 0.1) is 0 Å². The monoisotopic (exact) mass is 525 g/mol. The Morgan fingerprint density at radius 1 is 0.341 bits per heavy atom. The van der Waals surface area contributed by atoms with E-state index in [1.165, 1.54) is 27.8 Å². The van der Waals surface area contributed by atoms with Gasteiger partial charge in [0, 0.05) is 17.1 Å². The molecular formula is C40H31N. The molecule has 1 heteroatoms. The van der Waals surface area contributed by atoms with E-state index in [1.807, 2.05) is 6.07 Å². The molecule has 41 heavy (non-hydrogen) atoms. The van der Waals surface area contributed by atoms with Crippen molar-refractivity contribution >= 4 is 40.9 Å². The molecule has 0 radical (unpaired) electrons. The summed E-state index contributed by atoms with van der Waals surface area (Å²) in [5.41, 5.74) is 10.5. The van der Waals surface area contributed by atoms with Crippen LogP contribution in [-0.2, 0) is 0 Å². The molecule has 0 atom stereocenters. The third kappa shape index (κ3) is 6.43. The summed E-state index contributed by atoms with van der Waals surface area (Å²) in [7, 11) is 0. The molecule has 1 nitrogen and oxygen atoms in total. The fraction of sp³-hybridized carbons (Fsp3) is 0. The van der Waals surface area contributed by atoms with Gasteiger partial charge in [-0.25, -0.2) is 0 Å². The Kier molecular flexibility index (Phi) is 7.97. The highest BCUT2D eigenvalue weighted by Gasteiger charge is 2.12. The average molecular weight is 526 g/mol. The van der Waals surface area contributed by atoms with E-state index in [-0.39, 0.29) is 0 Å². The topological polar surface area (TPSA) is 3.24 Å². The lowest BCUT2D eigenvalue weighted by atomic mass is 9.95. The molecule has 0 aliphatic heterocycles. The fourth-order valence-corrected chi connectivity index (χ4v) is 4.97. The minimum atomic E-state index is 1.11. The van der Waals surface area contributed by atoms with Gasteiger partial charge in [-0.1, -0.05) is 146 Å². The van der Waals surface area contributed by atoms with Gasteiger partial charge >= 0.3 is 0 Å². The van der Waals surface area contributed by atoms with E-state index in [4.69, 9.17) is 0 Å². The zero-order valence-corrected chi connectivity index (χ0v) is 22.8. The minimum absolute atomic E-state index is 1.11. The maximum atomic E-state index is 2.30. The first-order valence-electron chi connectivity index (χ1n) is 13.9. The molecule has 0 saturated carbocycles. The second-order valence-electron chi connectivity index (χ2n) is 9.89. The lowest BCUT2D eigenvalue weighted by Crippen LogP contribution is -2.09. The van der Waals surface area contributed by atoms with Crippen molar-refractivity contribution in [3.8, 4) is 0 Å². The van der Waals surface area contributed by atoms with Crippen LogP contribution in [0.15, 0.2) is 170 Å². The predicted octanol–water partition coefficient (Wildman–Crippen LogP) is 10.9. The van der Waals surface area contributed by atoms with E-state index < -0.39 is 0 Å². The van der Waals surface area contributed by atoms with E-state index in [0.29, 0.717) is 0 Å². The molecule has 0 fully saturated rings. The van der Waals surface area contributed by atoms with Gasteiger partial charge in [-0.05, 0) is 75.9 Å². The molecule has 0 spiro atoms. The molecule has 0 amide bonds. The summed E-state index contributed by atoms with van der Waals surface area (Å²) in [6.45, 7) is 0. The quantitative estimate of drug-likeness (QED) is 0.179. The summed E-state index contributed by atoms with van der Waals surface area (Å²) >= 11 is 0. The van der Waals surface area contributed by atoms with Gasteiger partial charge in [-0.2, -0.15) is 0 Å². The van der Waals surface area contributed by atoms with E-state index >= 15 is 0 Å². The van der Waals surface area contributed by atoms with Gasteiger partial charge in [0.05, 0.1) is 0 Å². The Bertz CT molecular complexity index is 1680. The third-order valence-corrected chi connectivity index (χ3v) is 7.07. The highest BCUT2D eigenvalue weighted by molar-refractivity contribution is 5.91. The van der Waals surface area contributed by atoms with E-state index in [9.17, 15) is 0 Å². The number of para-hydroxylation sites is 1. The average Bonchev–Trinajstić information content (AvgIpc) is 3.06. The van der Waals surface area contributed by atoms with E-state index in [1.54, 1.807) is 0 Å². The van der Waals surface area contributed by atoms with Crippen molar-refractivity contribution in [2.24, 2.45) is 0 Å². The molecule has 6 aromatic rings. The molecule has 0 bridgehead atoms. The SMILES string of the molecule is C(=C(c1ccccc1)c1ccccc1)c1ccc(N(c2ccccc2)c2ccc(/C=C/c3ccccc3)cc2)cc1. The molecule has 6 aromatic carbocycles. The van der Waals surface area contributed by atoms with Gasteiger partial charge in [-0.3, -0.25) is 0 Å². The molecule has 0 aliphatic carbocycles. The molecule has 196 valence electrons. The maximum Gasteiger partial charge on any atom is 0.0462 e. The number of hydrogen-bond donors (Lipinski definition) is 0. The van der Waals surface area contributed by atoms with Crippen LogP contribution in [0.2, 0.25) is 0 Å². The van der Waals surface area contributed by atoms with Gasteiger partial charge < -0.3 is 4.90 Å².